The van der Waals surface area contributed by atoms with E-state index in [2.05, 4.69) is 28.3 Å². The van der Waals surface area contributed by atoms with Crippen LogP contribution < -0.4 is 14.8 Å². The molecule has 0 bridgehead atoms. The van der Waals surface area contributed by atoms with E-state index in [9.17, 15) is 8.42 Å². The van der Waals surface area contributed by atoms with Gasteiger partial charge in [0.2, 0.25) is 0 Å². The maximum Gasteiger partial charge on any atom is 0.175 e. The van der Waals surface area contributed by atoms with Gasteiger partial charge < -0.3 is 14.8 Å². The zero-order chi connectivity index (χ0) is 23.8. The molecular weight excluding hydrogens is 458 g/mol. The van der Waals surface area contributed by atoms with Crippen molar-refractivity contribution in [1.29, 1.82) is 0 Å². The fraction of sp³-hybridized carbons (Fsp3) is 0.250. The fourth-order valence-corrected chi connectivity index (χ4v) is 5.21. The second kappa shape index (κ2) is 8.99. The minimum absolute atomic E-state index is 0.00959. The second-order valence-electron chi connectivity index (χ2n) is 7.71. The standard InChI is InChI=1S/C24H25N3O4S2/c1-14(22-10-11-23(32-22)16-6-8-17(9-7-16)33(5,28)29)25-24-18-12-20(30-3)21(31-4)13-19(18)26-15(2)27-24/h6-14H,1-5H3,(H,25,26,27)/t14-/m0/s1. The zero-order valence-electron chi connectivity index (χ0n) is 19.0. The smallest absolute Gasteiger partial charge is 0.175 e. The molecule has 0 saturated heterocycles. The van der Waals surface area contributed by atoms with E-state index in [0.29, 0.717) is 22.2 Å². The Morgan fingerprint density at radius 1 is 0.970 bits per heavy atom. The molecule has 0 radical (unpaired) electrons. The molecule has 0 unspecified atom stereocenters. The van der Waals surface area contributed by atoms with Gasteiger partial charge in [-0.15, -0.1) is 11.3 Å². The van der Waals surface area contributed by atoms with Crippen LogP contribution in [0, 0.1) is 6.92 Å². The molecule has 0 fully saturated rings. The van der Waals surface area contributed by atoms with E-state index in [0.717, 1.165) is 32.0 Å². The van der Waals surface area contributed by atoms with E-state index in [4.69, 9.17) is 9.47 Å². The maximum atomic E-state index is 11.7. The summed E-state index contributed by atoms with van der Waals surface area (Å²) in [6, 6.07) is 14.8. The van der Waals surface area contributed by atoms with Gasteiger partial charge in [0.25, 0.3) is 0 Å². The number of nitrogens with zero attached hydrogens (tertiary/aromatic N) is 2. The molecule has 0 amide bonds. The highest BCUT2D eigenvalue weighted by Gasteiger charge is 2.16. The van der Waals surface area contributed by atoms with Crippen molar-refractivity contribution >= 4 is 37.9 Å². The van der Waals surface area contributed by atoms with Crippen molar-refractivity contribution in [3.05, 3.63) is 59.2 Å². The number of aromatic nitrogens is 2. The first-order valence-corrected chi connectivity index (χ1v) is 13.0. The van der Waals surface area contributed by atoms with Crippen LogP contribution in [0.3, 0.4) is 0 Å². The number of anilines is 1. The zero-order valence-corrected chi connectivity index (χ0v) is 20.7. The third-order valence-corrected chi connectivity index (χ3v) is 7.73. The summed E-state index contributed by atoms with van der Waals surface area (Å²) in [4.78, 5) is 11.7. The number of benzene rings is 2. The number of methoxy groups -OCH3 is 2. The van der Waals surface area contributed by atoms with Crippen LogP contribution in [-0.2, 0) is 9.84 Å². The lowest BCUT2D eigenvalue weighted by Gasteiger charge is -2.16. The van der Waals surface area contributed by atoms with Gasteiger partial charge in [-0.1, -0.05) is 12.1 Å². The molecule has 0 aliphatic rings. The molecule has 33 heavy (non-hydrogen) atoms. The van der Waals surface area contributed by atoms with Crippen molar-refractivity contribution in [3.63, 3.8) is 0 Å². The molecular formula is C24H25N3O4S2. The number of ether oxygens (including phenoxy) is 2. The summed E-state index contributed by atoms with van der Waals surface area (Å²) < 4.78 is 34.3. The van der Waals surface area contributed by atoms with Crippen LogP contribution in [0.4, 0.5) is 5.82 Å². The first kappa shape index (κ1) is 23.0. The topological polar surface area (TPSA) is 90.4 Å². The van der Waals surface area contributed by atoms with E-state index >= 15 is 0 Å². The Morgan fingerprint density at radius 3 is 2.27 bits per heavy atom. The maximum absolute atomic E-state index is 11.7. The van der Waals surface area contributed by atoms with E-state index < -0.39 is 9.84 Å². The van der Waals surface area contributed by atoms with Gasteiger partial charge in [0.05, 0.1) is 30.7 Å². The third kappa shape index (κ3) is 4.79. The van der Waals surface area contributed by atoms with Gasteiger partial charge in [-0.25, -0.2) is 18.4 Å². The Morgan fingerprint density at radius 2 is 1.64 bits per heavy atom. The summed E-state index contributed by atoms with van der Waals surface area (Å²) in [5.74, 6) is 2.61. The normalized spacial score (nSPS) is 12.5. The quantitative estimate of drug-likeness (QED) is 0.383. The molecule has 7 nitrogen and oxygen atoms in total. The lowest BCUT2D eigenvalue weighted by atomic mass is 10.1. The molecule has 4 aromatic rings. The molecule has 2 aromatic heterocycles. The predicted octanol–water partition coefficient (Wildman–Crippen LogP) is 5.26. The molecule has 1 N–H and O–H groups in total. The third-order valence-electron chi connectivity index (χ3n) is 5.29. The molecule has 0 aliphatic heterocycles. The van der Waals surface area contributed by atoms with Gasteiger partial charge in [0, 0.05) is 27.5 Å². The van der Waals surface area contributed by atoms with Crippen molar-refractivity contribution in [2.75, 3.05) is 25.8 Å². The highest BCUT2D eigenvalue weighted by molar-refractivity contribution is 7.90. The van der Waals surface area contributed by atoms with Crippen molar-refractivity contribution in [3.8, 4) is 21.9 Å². The molecule has 0 spiro atoms. The summed E-state index contributed by atoms with van der Waals surface area (Å²) in [7, 11) is -0.0106. The predicted molar refractivity (Wildman–Crippen MR) is 132 cm³/mol. The number of fused-ring (bicyclic) bond motifs is 1. The molecule has 0 aliphatic carbocycles. The lowest BCUT2D eigenvalue weighted by Crippen LogP contribution is -2.08. The molecule has 4 rings (SSSR count). The average Bonchev–Trinajstić information content (AvgIpc) is 3.28. The molecule has 9 heteroatoms. The van der Waals surface area contributed by atoms with E-state index in [1.54, 1.807) is 37.7 Å². The Labute approximate surface area is 197 Å². The largest absolute Gasteiger partial charge is 0.493 e. The first-order valence-electron chi connectivity index (χ1n) is 10.3. The number of thiophene rings is 1. The van der Waals surface area contributed by atoms with Gasteiger partial charge in [0.15, 0.2) is 21.3 Å². The fourth-order valence-electron chi connectivity index (χ4n) is 3.57. The summed E-state index contributed by atoms with van der Waals surface area (Å²) in [5, 5.41) is 4.35. The average molecular weight is 484 g/mol. The number of hydrogen-bond acceptors (Lipinski definition) is 8. The van der Waals surface area contributed by atoms with Crippen molar-refractivity contribution in [1.82, 2.24) is 9.97 Å². The van der Waals surface area contributed by atoms with Crippen LogP contribution in [0.15, 0.2) is 53.4 Å². The lowest BCUT2D eigenvalue weighted by molar-refractivity contribution is 0.356. The van der Waals surface area contributed by atoms with Gasteiger partial charge in [0.1, 0.15) is 11.6 Å². The van der Waals surface area contributed by atoms with Crippen LogP contribution in [0.1, 0.15) is 23.7 Å². The van der Waals surface area contributed by atoms with Gasteiger partial charge >= 0.3 is 0 Å². The minimum atomic E-state index is -3.21. The van der Waals surface area contributed by atoms with Crippen LogP contribution in [0.5, 0.6) is 11.5 Å². The van der Waals surface area contributed by atoms with Gasteiger partial charge in [-0.05, 0) is 49.7 Å². The summed E-state index contributed by atoms with van der Waals surface area (Å²) in [6.45, 7) is 3.93. The van der Waals surface area contributed by atoms with E-state index in [1.165, 1.54) is 6.26 Å². The van der Waals surface area contributed by atoms with Crippen LogP contribution in [0.2, 0.25) is 0 Å². The van der Waals surface area contributed by atoms with Crippen LogP contribution in [0.25, 0.3) is 21.3 Å². The van der Waals surface area contributed by atoms with Crippen molar-refractivity contribution in [2.45, 2.75) is 24.8 Å². The Bertz CT molecular complexity index is 1410. The highest BCUT2D eigenvalue weighted by Crippen LogP contribution is 2.37. The van der Waals surface area contributed by atoms with Crippen LogP contribution in [-0.4, -0.2) is 38.9 Å². The molecule has 2 aromatic carbocycles. The number of sulfone groups is 1. The molecule has 0 saturated carbocycles. The Balaban J connectivity index is 1.63. The monoisotopic (exact) mass is 483 g/mol. The summed E-state index contributed by atoms with van der Waals surface area (Å²) in [6.07, 6.45) is 1.21. The van der Waals surface area contributed by atoms with Gasteiger partial charge in [-0.2, -0.15) is 0 Å². The van der Waals surface area contributed by atoms with Crippen LogP contribution >= 0.6 is 11.3 Å². The SMILES string of the molecule is COc1cc2nc(C)nc(N[C@@H](C)c3ccc(-c4ccc(S(C)(=O)=O)cc4)s3)c2cc1OC. The Hall–Kier alpha value is -3.17. The molecule has 1 atom stereocenters. The van der Waals surface area contributed by atoms with Crippen molar-refractivity contribution in [2.24, 2.45) is 0 Å². The number of hydrogen-bond donors (Lipinski definition) is 1. The summed E-state index contributed by atoms with van der Waals surface area (Å²) >= 11 is 1.65. The summed E-state index contributed by atoms with van der Waals surface area (Å²) in [5.41, 5.74) is 1.75. The molecule has 2 heterocycles. The number of aryl methyl sites for hydroxylation is 1. The number of nitrogens with one attached hydrogen (secondary N) is 1. The Kier molecular flexibility index (Phi) is 6.27. The van der Waals surface area contributed by atoms with Gasteiger partial charge in [-0.3, -0.25) is 0 Å². The van der Waals surface area contributed by atoms with E-state index in [-0.39, 0.29) is 6.04 Å². The van der Waals surface area contributed by atoms with Crippen molar-refractivity contribution < 1.29 is 17.9 Å². The molecule has 172 valence electrons. The van der Waals surface area contributed by atoms with E-state index in [1.807, 2.05) is 37.3 Å². The minimum Gasteiger partial charge on any atom is -0.493 e. The first-order chi connectivity index (χ1) is 15.7. The second-order valence-corrected chi connectivity index (χ2v) is 10.8. The number of rotatable bonds is 7. The highest BCUT2D eigenvalue weighted by atomic mass is 32.2.